The summed E-state index contributed by atoms with van der Waals surface area (Å²) in [4.78, 5) is 12.1. The van der Waals surface area contributed by atoms with Crippen molar-refractivity contribution in [3.8, 4) is 6.07 Å². The summed E-state index contributed by atoms with van der Waals surface area (Å²) in [5.41, 5.74) is 3.37. The molecule has 0 saturated carbocycles. The average Bonchev–Trinajstić information content (AvgIpc) is 2.53. The molecule has 23 heavy (non-hydrogen) atoms. The SMILES string of the molecule is Cc1ccc(N/C=C(/C#N)C(=O)Nc2ccc(C)c(Cl)c2)cc1. The quantitative estimate of drug-likeness (QED) is 0.646. The van der Waals surface area contributed by atoms with Gasteiger partial charge in [-0.1, -0.05) is 35.4 Å². The molecular formula is C18H16ClN3O. The minimum absolute atomic E-state index is 0.0257. The minimum atomic E-state index is -0.493. The first kappa shape index (κ1) is 16.6. The number of aryl methyl sites for hydroxylation is 2. The van der Waals surface area contributed by atoms with Gasteiger partial charge in [0, 0.05) is 22.6 Å². The summed E-state index contributed by atoms with van der Waals surface area (Å²) in [7, 11) is 0. The Morgan fingerprint density at radius 2 is 1.78 bits per heavy atom. The smallest absolute Gasteiger partial charge is 0.267 e. The number of nitriles is 1. The molecule has 116 valence electrons. The topological polar surface area (TPSA) is 64.9 Å². The van der Waals surface area contributed by atoms with Gasteiger partial charge in [-0.2, -0.15) is 5.26 Å². The lowest BCUT2D eigenvalue weighted by Crippen LogP contribution is -2.14. The normalized spacial score (nSPS) is 10.8. The maximum Gasteiger partial charge on any atom is 0.267 e. The molecule has 2 aromatic rings. The summed E-state index contributed by atoms with van der Waals surface area (Å²) in [6.07, 6.45) is 1.38. The van der Waals surface area contributed by atoms with Crippen LogP contribution in [0.3, 0.4) is 0 Å². The van der Waals surface area contributed by atoms with Gasteiger partial charge < -0.3 is 10.6 Å². The zero-order valence-corrected chi connectivity index (χ0v) is 13.6. The lowest BCUT2D eigenvalue weighted by molar-refractivity contribution is -0.112. The number of benzene rings is 2. The molecule has 0 heterocycles. The summed E-state index contributed by atoms with van der Waals surface area (Å²) in [5.74, 6) is -0.493. The van der Waals surface area contributed by atoms with E-state index in [4.69, 9.17) is 16.9 Å². The van der Waals surface area contributed by atoms with Crippen molar-refractivity contribution in [3.63, 3.8) is 0 Å². The van der Waals surface area contributed by atoms with E-state index < -0.39 is 5.91 Å². The number of amides is 1. The summed E-state index contributed by atoms with van der Waals surface area (Å²) < 4.78 is 0. The number of anilines is 2. The van der Waals surface area contributed by atoms with Gasteiger partial charge in [-0.15, -0.1) is 0 Å². The van der Waals surface area contributed by atoms with Gasteiger partial charge in [0.2, 0.25) is 0 Å². The highest BCUT2D eigenvalue weighted by Crippen LogP contribution is 2.20. The van der Waals surface area contributed by atoms with Crippen LogP contribution >= 0.6 is 11.6 Å². The first-order valence-electron chi connectivity index (χ1n) is 7.00. The molecule has 4 nitrogen and oxygen atoms in total. The standard InChI is InChI=1S/C18H16ClN3O/c1-12-3-6-15(7-4-12)21-11-14(10-20)18(23)22-16-8-5-13(2)17(19)9-16/h3-9,11,21H,1-2H3,(H,22,23)/b14-11-. The van der Waals surface area contributed by atoms with Crippen LogP contribution in [0.4, 0.5) is 11.4 Å². The van der Waals surface area contributed by atoms with Crippen molar-refractivity contribution < 1.29 is 4.79 Å². The van der Waals surface area contributed by atoms with Gasteiger partial charge in [-0.05, 0) is 43.7 Å². The Morgan fingerprint density at radius 3 is 2.39 bits per heavy atom. The molecule has 0 fully saturated rings. The summed E-state index contributed by atoms with van der Waals surface area (Å²) in [5, 5.41) is 15.3. The Labute approximate surface area is 140 Å². The fourth-order valence-electron chi connectivity index (χ4n) is 1.82. The van der Waals surface area contributed by atoms with E-state index in [0.29, 0.717) is 10.7 Å². The molecule has 2 rings (SSSR count). The van der Waals surface area contributed by atoms with Gasteiger partial charge >= 0.3 is 0 Å². The third kappa shape index (κ3) is 4.60. The van der Waals surface area contributed by atoms with E-state index in [-0.39, 0.29) is 5.57 Å². The number of nitrogens with one attached hydrogen (secondary N) is 2. The molecule has 0 spiro atoms. The molecule has 0 bridgehead atoms. The third-order valence-corrected chi connectivity index (χ3v) is 3.64. The zero-order chi connectivity index (χ0) is 16.8. The molecule has 0 radical (unpaired) electrons. The molecule has 0 atom stereocenters. The number of hydrogen-bond donors (Lipinski definition) is 2. The predicted octanol–water partition coefficient (Wildman–Crippen LogP) is 4.41. The van der Waals surface area contributed by atoms with E-state index in [0.717, 1.165) is 16.8 Å². The highest BCUT2D eigenvalue weighted by Gasteiger charge is 2.10. The van der Waals surface area contributed by atoms with Gasteiger partial charge in [-0.3, -0.25) is 4.79 Å². The molecule has 2 N–H and O–H groups in total. The molecule has 2 aromatic carbocycles. The Kier molecular flexibility index (Phi) is 5.40. The van der Waals surface area contributed by atoms with Crippen LogP contribution in [0.5, 0.6) is 0 Å². The van der Waals surface area contributed by atoms with Gasteiger partial charge in [0.15, 0.2) is 0 Å². The molecular weight excluding hydrogens is 310 g/mol. The van der Waals surface area contributed by atoms with Gasteiger partial charge in [0.25, 0.3) is 5.91 Å². The van der Waals surface area contributed by atoms with Crippen LogP contribution in [-0.4, -0.2) is 5.91 Å². The fraction of sp³-hybridized carbons (Fsp3) is 0.111. The fourth-order valence-corrected chi connectivity index (χ4v) is 2.00. The number of carbonyl (C=O) groups is 1. The minimum Gasteiger partial charge on any atom is -0.360 e. The van der Waals surface area contributed by atoms with Crippen LogP contribution < -0.4 is 10.6 Å². The molecule has 0 aliphatic rings. The number of carbonyl (C=O) groups excluding carboxylic acids is 1. The van der Waals surface area contributed by atoms with Crippen LogP contribution in [-0.2, 0) is 4.79 Å². The van der Waals surface area contributed by atoms with Crippen molar-refractivity contribution in [2.75, 3.05) is 10.6 Å². The molecule has 0 saturated heterocycles. The highest BCUT2D eigenvalue weighted by molar-refractivity contribution is 6.31. The molecule has 0 unspecified atom stereocenters. The van der Waals surface area contributed by atoms with E-state index in [1.807, 2.05) is 44.2 Å². The van der Waals surface area contributed by atoms with E-state index >= 15 is 0 Å². The largest absolute Gasteiger partial charge is 0.360 e. The van der Waals surface area contributed by atoms with Crippen molar-refractivity contribution in [2.45, 2.75) is 13.8 Å². The first-order valence-corrected chi connectivity index (χ1v) is 7.38. The molecule has 0 aliphatic carbocycles. The number of halogens is 1. The third-order valence-electron chi connectivity index (χ3n) is 3.23. The number of hydrogen-bond acceptors (Lipinski definition) is 3. The number of nitrogens with zero attached hydrogens (tertiary/aromatic N) is 1. The van der Waals surface area contributed by atoms with Crippen molar-refractivity contribution in [1.29, 1.82) is 5.26 Å². The van der Waals surface area contributed by atoms with Gasteiger partial charge in [0.1, 0.15) is 11.6 Å². The van der Waals surface area contributed by atoms with Crippen molar-refractivity contribution in [1.82, 2.24) is 0 Å². The summed E-state index contributed by atoms with van der Waals surface area (Å²) >= 11 is 6.02. The average molecular weight is 326 g/mol. The van der Waals surface area contributed by atoms with E-state index in [1.165, 1.54) is 6.20 Å². The second kappa shape index (κ2) is 7.48. The van der Waals surface area contributed by atoms with Crippen LogP contribution in [0.15, 0.2) is 54.2 Å². The maximum absolute atomic E-state index is 12.1. The number of rotatable bonds is 4. The Balaban J connectivity index is 2.08. The Bertz CT molecular complexity index is 789. The lowest BCUT2D eigenvalue weighted by Gasteiger charge is -2.07. The summed E-state index contributed by atoms with van der Waals surface area (Å²) in [6, 6.07) is 14.7. The molecule has 5 heteroatoms. The first-order chi connectivity index (χ1) is 11.0. The Hall–Kier alpha value is -2.77. The molecule has 0 aromatic heterocycles. The van der Waals surface area contributed by atoms with E-state index in [1.54, 1.807) is 18.2 Å². The van der Waals surface area contributed by atoms with Crippen molar-refractivity contribution in [2.24, 2.45) is 0 Å². The lowest BCUT2D eigenvalue weighted by atomic mass is 10.2. The Morgan fingerprint density at radius 1 is 1.13 bits per heavy atom. The van der Waals surface area contributed by atoms with Crippen LogP contribution in [0.1, 0.15) is 11.1 Å². The maximum atomic E-state index is 12.1. The molecule has 0 aliphatic heterocycles. The second-order valence-electron chi connectivity index (χ2n) is 5.10. The van der Waals surface area contributed by atoms with E-state index in [9.17, 15) is 4.79 Å². The monoisotopic (exact) mass is 325 g/mol. The molecule has 1 amide bonds. The van der Waals surface area contributed by atoms with Crippen molar-refractivity contribution >= 4 is 28.9 Å². The van der Waals surface area contributed by atoms with E-state index in [2.05, 4.69) is 10.6 Å². The summed E-state index contributed by atoms with van der Waals surface area (Å²) in [6.45, 7) is 3.86. The van der Waals surface area contributed by atoms with Crippen LogP contribution in [0.2, 0.25) is 5.02 Å². The van der Waals surface area contributed by atoms with Crippen LogP contribution in [0, 0.1) is 25.2 Å². The predicted molar refractivity (Wildman–Crippen MR) is 93.3 cm³/mol. The second-order valence-corrected chi connectivity index (χ2v) is 5.51. The van der Waals surface area contributed by atoms with Crippen LogP contribution in [0.25, 0.3) is 0 Å². The van der Waals surface area contributed by atoms with Gasteiger partial charge in [0.05, 0.1) is 0 Å². The zero-order valence-electron chi connectivity index (χ0n) is 12.9. The van der Waals surface area contributed by atoms with Gasteiger partial charge in [-0.25, -0.2) is 0 Å². The highest BCUT2D eigenvalue weighted by atomic mass is 35.5. The van der Waals surface area contributed by atoms with Crippen molar-refractivity contribution in [3.05, 3.63) is 70.4 Å².